The van der Waals surface area contributed by atoms with Gasteiger partial charge in [0.05, 0.1) is 18.2 Å². The molecule has 3 aromatic rings. The van der Waals surface area contributed by atoms with Crippen molar-refractivity contribution >= 4 is 17.2 Å². The molecule has 0 unspecified atom stereocenters. The van der Waals surface area contributed by atoms with Crippen LogP contribution in [-0.4, -0.2) is 57.0 Å². The molecule has 2 atom stereocenters. The number of methoxy groups -OCH3 is 1. The maximum absolute atomic E-state index is 13.2. The Balaban J connectivity index is 1.76. The summed E-state index contributed by atoms with van der Waals surface area (Å²) in [6, 6.07) is 5.80. The van der Waals surface area contributed by atoms with E-state index in [-0.39, 0.29) is 41.0 Å². The summed E-state index contributed by atoms with van der Waals surface area (Å²) in [6.07, 6.45) is 2.04. The van der Waals surface area contributed by atoms with E-state index in [9.17, 15) is 19.1 Å². The minimum atomic E-state index is -0.659. The summed E-state index contributed by atoms with van der Waals surface area (Å²) >= 11 is 1.22. The molecular formula is C24H27FN4O4S. The lowest BCUT2D eigenvalue weighted by Crippen LogP contribution is -2.49. The third-order valence-electron chi connectivity index (χ3n) is 6.09. The number of ether oxygens (including phenoxy) is 1. The number of carbonyl (C=O) groups is 1. The second-order valence-corrected chi connectivity index (χ2v) is 9.89. The van der Waals surface area contributed by atoms with Crippen LogP contribution in [0.4, 0.5) is 4.39 Å². The lowest BCUT2D eigenvalue weighted by atomic mass is 9.97. The normalized spacial score (nSPS) is 16.7. The van der Waals surface area contributed by atoms with Crippen LogP contribution in [0.3, 0.4) is 0 Å². The fourth-order valence-electron chi connectivity index (χ4n) is 4.24. The van der Waals surface area contributed by atoms with Crippen LogP contribution in [0.5, 0.6) is 5.75 Å². The van der Waals surface area contributed by atoms with Gasteiger partial charge >= 0.3 is 0 Å². The van der Waals surface area contributed by atoms with Crippen LogP contribution >= 0.6 is 11.3 Å². The van der Waals surface area contributed by atoms with E-state index in [1.807, 2.05) is 20.8 Å². The first-order valence-electron chi connectivity index (χ1n) is 11.1. The zero-order valence-corrected chi connectivity index (χ0v) is 20.3. The van der Waals surface area contributed by atoms with Crippen molar-refractivity contribution < 1.29 is 19.0 Å². The van der Waals surface area contributed by atoms with Crippen LogP contribution in [0.15, 0.2) is 35.3 Å². The number of hydrogen-bond donors (Lipinski definition) is 1. The van der Waals surface area contributed by atoms with Crippen molar-refractivity contribution in [1.82, 2.24) is 19.7 Å². The van der Waals surface area contributed by atoms with Gasteiger partial charge in [0.2, 0.25) is 5.43 Å². The van der Waals surface area contributed by atoms with E-state index < -0.39 is 11.2 Å². The number of halogens is 1. The third-order valence-corrected chi connectivity index (χ3v) is 7.05. The lowest BCUT2D eigenvalue weighted by molar-refractivity contribution is 0.0494. The summed E-state index contributed by atoms with van der Waals surface area (Å²) in [6.45, 7) is 6.69. The average molecular weight is 487 g/mol. The molecule has 1 amide bonds. The molecule has 0 fully saturated rings. The maximum Gasteiger partial charge on any atom is 0.274 e. The second kappa shape index (κ2) is 9.63. The Hall–Kier alpha value is -3.11. The number of benzene rings is 1. The largest absolute Gasteiger partial charge is 0.503 e. The number of aromatic hydroxyl groups is 1. The van der Waals surface area contributed by atoms with E-state index in [2.05, 4.69) is 10.2 Å². The molecule has 180 valence electrons. The van der Waals surface area contributed by atoms with Gasteiger partial charge in [0.15, 0.2) is 16.5 Å². The molecular weight excluding hydrogens is 459 g/mol. The predicted octanol–water partition coefficient (Wildman–Crippen LogP) is 3.49. The van der Waals surface area contributed by atoms with Gasteiger partial charge in [-0.25, -0.2) is 4.39 Å². The fourth-order valence-corrected chi connectivity index (χ4v) is 5.12. The van der Waals surface area contributed by atoms with E-state index in [4.69, 9.17) is 4.74 Å². The van der Waals surface area contributed by atoms with Crippen LogP contribution in [0.2, 0.25) is 0 Å². The molecule has 0 bridgehead atoms. The molecule has 3 heterocycles. The van der Waals surface area contributed by atoms with Crippen molar-refractivity contribution in [1.29, 1.82) is 0 Å². The number of aromatic nitrogens is 3. The average Bonchev–Trinajstić information content (AvgIpc) is 3.25. The van der Waals surface area contributed by atoms with Gasteiger partial charge in [0.1, 0.15) is 10.8 Å². The monoisotopic (exact) mass is 486 g/mol. The van der Waals surface area contributed by atoms with Crippen LogP contribution in [-0.2, 0) is 11.2 Å². The third kappa shape index (κ3) is 4.47. The maximum atomic E-state index is 13.2. The topological polar surface area (TPSA) is 97.6 Å². The predicted molar refractivity (Wildman–Crippen MR) is 127 cm³/mol. The number of rotatable bonds is 7. The molecule has 2 aromatic heterocycles. The Kier molecular flexibility index (Phi) is 6.81. The van der Waals surface area contributed by atoms with E-state index >= 15 is 0 Å². The summed E-state index contributed by atoms with van der Waals surface area (Å²) < 4.78 is 20.2. The molecule has 0 saturated carbocycles. The van der Waals surface area contributed by atoms with Gasteiger partial charge in [-0.2, -0.15) is 0 Å². The number of hydrogen-bond acceptors (Lipinski definition) is 7. The van der Waals surface area contributed by atoms with Crippen LogP contribution in [0, 0.1) is 11.7 Å². The van der Waals surface area contributed by atoms with Crippen molar-refractivity contribution in [3.05, 3.63) is 62.8 Å². The summed E-state index contributed by atoms with van der Waals surface area (Å²) in [5.74, 6) is -1.28. The summed E-state index contributed by atoms with van der Waals surface area (Å²) in [5.41, 5.74) is 0.372. The fraction of sp³-hybridized carbons (Fsp3) is 0.417. The minimum absolute atomic E-state index is 0.0105. The quantitative estimate of drug-likeness (QED) is 0.549. The van der Waals surface area contributed by atoms with Gasteiger partial charge in [-0.3, -0.25) is 9.59 Å². The number of carbonyl (C=O) groups excluding carboxylic acids is 1. The van der Waals surface area contributed by atoms with Gasteiger partial charge in [0.25, 0.3) is 5.91 Å². The zero-order chi connectivity index (χ0) is 24.6. The van der Waals surface area contributed by atoms with Crippen LogP contribution in [0.25, 0.3) is 10.6 Å². The van der Waals surface area contributed by atoms with E-state index in [0.717, 1.165) is 5.56 Å². The molecule has 34 heavy (non-hydrogen) atoms. The van der Waals surface area contributed by atoms with Crippen molar-refractivity contribution in [3.63, 3.8) is 0 Å². The number of fused-ring (bicyclic) bond motifs is 1. The molecule has 1 N–H and O–H groups in total. The number of pyridine rings is 1. The molecule has 1 aliphatic heterocycles. The summed E-state index contributed by atoms with van der Waals surface area (Å²) in [4.78, 5) is 27.9. The molecule has 1 aromatic carbocycles. The van der Waals surface area contributed by atoms with Crippen molar-refractivity contribution in [2.45, 2.75) is 39.3 Å². The summed E-state index contributed by atoms with van der Waals surface area (Å²) in [5, 5.41) is 20.2. The van der Waals surface area contributed by atoms with Gasteiger partial charge < -0.3 is 19.3 Å². The van der Waals surface area contributed by atoms with Crippen LogP contribution < -0.4 is 5.43 Å². The van der Waals surface area contributed by atoms with E-state index in [1.54, 1.807) is 34.9 Å². The summed E-state index contributed by atoms with van der Waals surface area (Å²) in [7, 11) is 1.61. The highest BCUT2D eigenvalue weighted by molar-refractivity contribution is 7.14. The van der Waals surface area contributed by atoms with Crippen molar-refractivity contribution in [2.24, 2.45) is 5.92 Å². The van der Waals surface area contributed by atoms with Crippen molar-refractivity contribution in [3.8, 4) is 16.3 Å². The van der Waals surface area contributed by atoms with Gasteiger partial charge in [0, 0.05) is 38.2 Å². The van der Waals surface area contributed by atoms with Gasteiger partial charge in [-0.1, -0.05) is 30.4 Å². The Morgan fingerprint density at radius 1 is 1.21 bits per heavy atom. The van der Waals surface area contributed by atoms with Crippen LogP contribution in [0.1, 0.15) is 47.9 Å². The molecule has 1 aliphatic rings. The highest BCUT2D eigenvalue weighted by Crippen LogP contribution is 2.34. The molecule has 0 spiro atoms. The Morgan fingerprint density at radius 2 is 1.91 bits per heavy atom. The first-order valence-corrected chi connectivity index (χ1v) is 11.9. The van der Waals surface area contributed by atoms with E-state index in [1.165, 1.54) is 23.5 Å². The Labute approximate surface area is 200 Å². The van der Waals surface area contributed by atoms with E-state index in [0.29, 0.717) is 29.6 Å². The highest BCUT2D eigenvalue weighted by Gasteiger charge is 2.38. The first-order chi connectivity index (χ1) is 16.2. The van der Waals surface area contributed by atoms with Gasteiger partial charge in [-0.15, -0.1) is 10.2 Å². The smallest absolute Gasteiger partial charge is 0.274 e. The molecule has 8 nitrogen and oxygen atoms in total. The molecule has 10 heteroatoms. The lowest BCUT2D eigenvalue weighted by Gasteiger charge is -2.40. The molecule has 4 rings (SSSR count). The number of amides is 1. The van der Waals surface area contributed by atoms with Crippen molar-refractivity contribution in [2.75, 3.05) is 20.3 Å². The SMILES string of the molecule is COC[C@@H](C)[C@H]1CN(C(C)C)C(=O)c2c(O)c(=O)c(-c3nnc(Cc4ccc(F)cc4)s3)cn21. The molecule has 0 aliphatic carbocycles. The zero-order valence-electron chi connectivity index (χ0n) is 19.5. The van der Waals surface area contributed by atoms with Gasteiger partial charge in [-0.05, 0) is 31.5 Å². The highest BCUT2D eigenvalue weighted by atomic mass is 32.1. The Bertz CT molecular complexity index is 1250. The Morgan fingerprint density at radius 3 is 2.56 bits per heavy atom. The minimum Gasteiger partial charge on any atom is -0.503 e. The molecule has 0 saturated heterocycles. The molecule has 0 radical (unpaired) electrons. The number of nitrogens with zero attached hydrogens (tertiary/aromatic N) is 4. The first kappa shape index (κ1) is 24.0. The second-order valence-electron chi connectivity index (χ2n) is 8.83. The standard InChI is InChI=1S/C24H27FN4O4S/c1-13(2)28-11-18(14(3)12-33-4)29-10-17(21(30)22(31)20(29)24(28)32)23-27-26-19(34-23)9-15-5-7-16(25)8-6-15/h5-8,10,13-14,18,31H,9,11-12H2,1-4H3/t14-,18-/m1/s1.